The van der Waals surface area contributed by atoms with Gasteiger partial charge in [-0.2, -0.15) is 0 Å². The van der Waals surface area contributed by atoms with Crippen molar-refractivity contribution >= 4 is 52.2 Å². The van der Waals surface area contributed by atoms with Gasteiger partial charge in [0.2, 0.25) is 0 Å². The third-order valence-corrected chi connectivity index (χ3v) is 6.96. The van der Waals surface area contributed by atoms with E-state index in [-0.39, 0.29) is 16.2 Å². The van der Waals surface area contributed by atoms with Gasteiger partial charge in [0.1, 0.15) is 5.57 Å². The zero-order valence-electron chi connectivity index (χ0n) is 20.9. The van der Waals surface area contributed by atoms with Gasteiger partial charge in [0.25, 0.3) is 11.8 Å². The highest BCUT2D eigenvalue weighted by Crippen LogP contribution is 2.40. The van der Waals surface area contributed by atoms with Crippen LogP contribution in [0.4, 0.5) is 11.4 Å². The topological polar surface area (TPSA) is 52.7 Å². The molecule has 0 aliphatic carbocycles. The van der Waals surface area contributed by atoms with Crippen molar-refractivity contribution in [2.24, 2.45) is 0 Å². The van der Waals surface area contributed by atoms with Crippen molar-refractivity contribution in [3.8, 4) is 0 Å². The molecular weight excluding hydrogens is 442 g/mol. The minimum Gasteiger partial charge on any atom is -0.363 e. The van der Waals surface area contributed by atoms with Crippen molar-refractivity contribution in [3.63, 3.8) is 0 Å². The summed E-state index contributed by atoms with van der Waals surface area (Å²) in [5.41, 5.74) is 7.98. The number of hydrogen-bond acceptors (Lipinski definition) is 4. The first kappa shape index (κ1) is 23.9. The number of aryl methyl sites for hydroxylation is 3. The number of allylic oxidation sites excluding steroid dienone is 1. The molecule has 0 radical (unpaired) electrons. The first-order valence-corrected chi connectivity index (χ1v) is 12.0. The maximum atomic E-state index is 13.5. The molecule has 34 heavy (non-hydrogen) atoms. The number of nitrogens with zero attached hydrogens (tertiary/aromatic N) is 2. The Morgan fingerprint density at radius 3 is 2.35 bits per heavy atom. The first-order valence-electron chi connectivity index (χ1n) is 11.6. The van der Waals surface area contributed by atoms with Gasteiger partial charge in [-0.05, 0) is 107 Å². The molecule has 0 atom stereocenters. The number of rotatable bonds is 3. The molecule has 0 aromatic heterocycles. The molecule has 1 N–H and O–H groups in total. The summed E-state index contributed by atoms with van der Waals surface area (Å²) < 4.78 is 0. The molecule has 2 aliphatic heterocycles. The van der Waals surface area contributed by atoms with Crippen LogP contribution in [0.15, 0.2) is 42.0 Å². The van der Waals surface area contributed by atoms with Gasteiger partial charge in [0, 0.05) is 17.8 Å². The fourth-order valence-electron chi connectivity index (χ4n) is 5.07. The molecule has 2 aliphatic rings. The summed E-state index contributed by atoms with van der Waals surface area (Å²) in [6, 6.07) is 10.0. The van der Waals surface area contributed by atoms with Crippen molar-refractivity contribution in [2.45, 2.75) is 54.0 Å². The Labute approximate surface area is 207 Å². The van der Waals surface area contributed by atoms with Crippen LogP contribution in [0.3, 0.4) is 0 Å². The van der Waals surface area contributed by atoms with Gasteiger partial charge in [-0.15, -0.1) is 0 Å². The summed E-state index contributed by atoms with van der Waals surface area (Å²) in [6.07, 6.45) is 3.96. The molecule has 1 fully saturated rings. The molecule has 0 unspecified atom stereocenters. The van der Waals surface area contributed by atoms with Crippen molar-refractivity contribution in [3.05, 3.63) is 69.8 Å². The Bertz CT molecular complexity index is 1300. The minimum atomic E-state index is -0.475. The van der Waals surface area contributed by atoms with Crippen molar-refractivity contribution in [1.29, 1.82) is 0 Å². The van der Waals surface area contributed by atoms with E-state index in [1.807, 2.05) is 39.0 Å². The smallest absolute Gasteiger partial charge is 0.270 e. The molecule has 2 heterocycles. The summed E-state index contributed by atoms with van der Waals surface area (Å²) in [5.74, 6) is -0.891. The lowest BCUT2D eigenvalue weighted by molar-refractivity contribution is -0.122. The number of hydrogen-bond donors (Lipinski definition) is 1. The maximum absolute atomic E-state index is 13.5. The minimum absolute atomic E-state index is 0.0711. The standard InChI is InChI=1S/C28H31N3O2S/c1-8-30-24-12-17(3)20(13-21(24)19(5)15-28(30,6)7)14-22-25(32)29-27(34)31(26(22)33)23-10-9-16(2)11-18(23)4/h9-15H,8H2,1-7H3,(H,29,32,34)/b22-14-. The largest absolute Gasteiger partial charge is 0.363 e. The van der Waals surface area contributed by atoms with E-state index in [2.05, 4.69) is 56.1 Å². The van der Waals surface area contributed by atoms with Gasteiger partial charge in [0.05, 0.1) is 11.2 Å². The zero-order valence-corrected chi connectivity index (χ0v) is 21.7. The van der Waals surface area contributed by atoms with Crippen LogP contribution in [0.25, 0.3) is 11.6 Å². The number of carbonyl (C=O) groups excluding carboxylic acids is 2. The van der Waals surface area contributed by atoms with Crippen molar-refractivity contribution < 1.29 is 9.59 Å². The van der Waals surface area contributed by atoms with Crippen LogP contribution < -0.4 is 15.1 Å². The lowest BCUT2D eigenvalue weighted by Gasteiger charge is -2.43. The van der Waals surface area contributed by atoms with E-state index >= 15 is 0 Å². The highest BCUT2D eigenvalue weighted by atomic mass is 32.1. The zero-order chi connectivity index (χ0) is 24.9. The highest BCUT2D eigenvalue weighted by molar-refractivity contribution is 7.80. The quantitative estimate of drug-likeness (QED) is 0.365. The summed E-state index contributed by atoms with van der Waals surface area (Å²) in [7, 11) is 0. The summed E-state index contributed by atoms with van der Waals surface area (Å²) in [6.45, 7) is 15.5. The van der Waals surface area contributed by atoms with Gasteiger partial charge in [-0.1, -0.05) is 23.8 Å². The van der Waals surface area contributed by atoms with Crippen molar-refractivity contribution in [2.75, 3.05) is 16.3 Å². The van der Waals surface area contributed by atoms with Crippen molar-refractivity contribution in [1.82, 2.24) is 5.32 Å². The molecule has 6 heteroatoms. The fourth-order valence-corrected chi connectivity index (χ4v) is 5.34. The third kappa shape index (κ3) is 3.96. The van der Waals surface area contributed by atoms with E-state index in [0.717, 1.165) is 34.4 Å². The number of carbonyl (C=O) groups is 2. The number of benzene rings is 2. The second-order valence-corrected chi connectivity index (χ2v) is 10.1. The fraction of sp³-hybridized carbons (Fsp3) is 0.321. The molecule has 176 valence electrons. The molecule has 0 spiro atoms. The molecule has 0 bridgehead atoms. The Morgan fingerprint density at radius 2 is 1.71 bits per heavy atom. The molecule has 4 rings (SSSR count). The Hall–Kier alpha value is -3.25. The van der Waals surface area contributed by atoms with Crippen LogP contribution in [0.5, 0.6) is 0 Å². The predicted molar refractivity (Wildman–Crippen MR) is 144 cm³/mol. The molecule has 2 aromatic carbocycles. The number of anilines is 2. The Kier molecular flexibility index (Phi) is 5.98. The average Bonchev–Trinajstić information content (AvgIpc) is 2.72. The first-order chi connectivity index (χ1) is 15.9. The number of fused-ring (bicyclic) bond motifs is 1. The van der Waals surface area contributed by atoms with Gasteiger partial charge in [-0.25, -0.2) is 0 Å². The lowest BCUT2D eigenvalue weighted by atomic mass is 9.86. The van der Waals surface area contributed by atoms with Crippen LogP contribution in [0.2, 0.25) is 0 Å². The number of nitrogens with one attached hydrogen (secondary N) is 1. The molecular formula is C28H31N3O2S. The number of likely N-dealkylation sites (N-methyl/N-ethyl adjacent to an activating group) is 1. The summed E-state index contributed by atoms with van der Waals surface area (Å²) >= 11 is 5.38. The van der Waals surface area contributed by atoms with Gasteiger partial charge < -0.3 is 4.90 Å². The SMILES string of the molecule is CCN1c2cc(C)c(/C=C3/C(=O)NC(=S)N(c4ccc(C)cc4C)C3=O)cc2C(C)=CC1(C)C. The van der Waals surface area contributed by atoms with E-state index in [1.54, 1.807) is 6.08 Å². The molecule has 2 amide bonds. The van der Waals surface area contributed by atoms with Crippen LogP contribution in [0.1, 0.15) is 55.5 Å². The number of amides is 2. The molecule has 1 saturated heterocycles. The monoisotopic (exact) mass is 473 g/mol. The average molecular weight is 474 g/mol. The van der Waals surface area contributed by atoms with E-state index in [4.69, 9.17) is 12.2 Å². The molecule has 2 aromatic rings. The Balaban J connectivity index is 1.81. The third-order valence-electron chi connectivity index (χ3n) is 6.68. The lowest BCUT2D eigenvalue weighted by Crippen LogP contribution is -2.54. The molecule has 0 saturated carbocycles. The predicted octanol–water partition coefficient (Wildman–Crippen LogP) is 5.46. The van der Waals surface area contributed by atoms with E-state index in [9.17, 15) is 9.59 Å². The highest BCUT2D eigenvalue weighted by Gasteiger charge is 2.36. The van der Waals surface area contributed by atoms with Crippen LogP contribution in [-0.2, 0) is 9.59 Å². The normalized spacial score (nSPS) is 18.7. The molecule has 5 nitrogen and oxygen atoms in total. The van der Waals surface area contributed by atoms with Gasteiger partial charge in [-0.3, -0.25) is 19.8 Å². The maximum Gasteiger partial charge on any atom is 0.270 e. The Morgan fingerprint density at radius 1 is 1.00 bits per heavy atom. The second kappa shape index (κ2) is 8.51. The summed E-state index contributed by atoms with van der Waals surface area (Å²) in [5, 5.41) is 2.80. The van der Waals surface area contributed by atoms with Crippen LogP contribution in [0, 0.1) is 20.8 Å². The van der Waals surface area contributed by atoms with E-state index < -0.39 is 11.8 Å². The second-order valence-electron chi connectivity index (χ2n) is 9.70. The van der Waals surface area contributed by atoms with Crippen LogP contribution in [-0.4, -0.2) is 29.0 Å². The number of thiocarbonyl (C=S) groups is 1. The van der Waals surface area contributed by atoms with Crippen LogP contribution >= 0.6 is 12.2 Å². The van der Waals surface area contributed by atoms with E-state index in [0.29, 0.717) is 5.69 Å². The van der Waals surface area contributed by atoms with E-state index in [1.165, 1.54) is 16.2 Å². The summed E-state index contributed by atoms with van der Waals surface area (Å²) in [4.78, 5) is 30.2. The van der Waals surface area contributed by atoms with Gasteiger partial charge >= 0.3 is 0 Å². The van der Waals surface area contributed by atoms with Gasteiger partial charge in [0.15, 0.2) is 5.11 Å².